The van der Waals surface area contributed by atoms with Crippen molar-refractivity contribution in [1.82, 2.24) is 30.7 Å². The van der Waals surface area contributed by atoms with Gasteiger partial charge in [-0.15, -0.1) is 0 Å². The number of aromatic nitrogens is 1. The predicted molar refractivity (Wildman–Crippen MR) is 144 cm³/mol. The molecule has 38 heavy (non-hydrogen) atoms. The van der Waals surface area contributed by atoms with Crippen LogP contribution in [-0.2, 0) is 16.0 Å². The van der Waals surface area contributed by atoms with E-state index in [0.717, 1.165) is 48.6 Å². The van der Waals surface area contributed by atoms with E-state index in [1.165, 1.54) is 9.80 Å². The number of hydrogen-bond acceptors (Lipinski definition) is 4. The summed E-state index contributed by atoms with van der Waals surface area (Å²) in [5.74, 6) is -1.19. The van der Waals surface area contributed by atoms with Gasteiger partial charge >= 0.3 is 12.1 Å². The van der Waals surface area contributed by atoms with Crippen LogP contribution in [0.3, 0.4) is 0 Å². The Balaban J connectivity index is 1.50. The van der Waals surface area contributed by atoms with Gasteiger partial charge in [-0.1, -0.05) is 37.5 Å². The lowest BCUT2D eigenvalue weighted by Crippen LogP contribution is -2.66. The fraction of sp³-hybridized carbons (Fsp3) is 0.556. The Bertz CT molecular complexity index is 1160. The monoisotopic (exact) mass is 525 g/mol. The Morgan fingerprint density at radius 3 is 2.47 bits per heavy atom. The molecule has 4 rings (SSSR count). The van der Waals surface area contributed by atoms with E-state index in [9.17, 15) is 19.2 Å². The van der Waals surface area contributed by atoms with Gasteiger partial charge in [0.1, 0.15) is 12.1 Å². The first-order valence-corrected chi connectivity index (χ1v) is 13.5. The molecule has 206 valence electrons. The number of H-pyrrole nitrogens is 1. The van der Waals surface area contributed by atoms with Gasteiger partial charge in [0.2, 0.25) is 11.8 Å². The van der Waals surface area contributed by atoms with E-state index in [-0.39, 0.29) is 43.7 Å². The van der Waals surface area contributed by atoms with Gasteiger partial charge < -0.3 is 36.5 Å². The van der Waals surface area contributed by atoms with Gasteiger partial charge in [-0.05, 0) is 38.3 Å². The van der Waals surface area contributed by atoms with Gasteiger partial charge in [-0.2, -0.15) is 0 Å². The van der Waals surface area contributed by atoms with Crippen molar-refractivity contribution < 1.29 is 19.2 Å². The molecular weight excluding hydrogens is 486 g/mol. The maximum atomic E-state index is 13.6. The lowest BCUT2D eigenvalue weighted by atomic mass is 9.95. The number of hydrogen-bond donors (Lipinski definition) is 5. The third-order valence-corrected chi connectivity index (χ3v) is 7.33. The fourth-order valence-electron chi connectivity index (χ4n) is 5.29. The minimum atomic E-state index is -0.982. The van der Waals surface area contributed by atoms with Crippen molar-refractivity contribution in [2.45, 2.75) is 76.5 Å². The molecule has 2 atom stereocenters. The number of fused-ring (bicyclic) bond motifs is 1. The zero-order valence-electron chi connectivity index (χ0n) is 22.2. The number of nitrogens with one attached hydrogen (secondary N) is 4. The predicted octanol–water partition coefficient (Wildman–Crippen LogP) is 1.83. The molecule has 1 aliphatic carbocycles. The standard InChI is InChI=1S/C27H39N7O4/c1-17(2)30-26(37)33-12-13-34(27(38)31-19-8-4-3-5-9-19)23(16-33)25(36)32-22(24(28)35)14-18-15-29-21-11-7-6-10-20(18)21/h6-7,10-11,15,17,19,22-23,29H,3-5,8-9,12-14,16H2,1-2H3,(H2,28,35)(H,30,37)(H,31,38)(H,32,36)/t22-,23-/m1/s1. The van der Waals surface area contributed by atoms with Crippen molar-refractivity contribution in [3.8, 4) is 0 Å². The summed E-state index contributed by atoms with van der Waals surface area (Å²) < 4.78 is 0. The highest BCUT2D eigenvalue weighted by Crippen LogP contribution is 2.21. The minimum Gasteiger partial charge on any atom is -0.368 e. The van der Waals surface area contributed by atoms with E-state index < -0.39 is 23.9 Å². The van der Waals surface area contributed by atoms with Crippen LogP contribution >= 0.6 is 0 Å². The third kappa shape index (κ3) is 6.56. The number of urea groups is 2. The van der Waals surface area contributed by atoms with Crippen LogP contribution < -0.4 is 21.7 Å². The number of para-hydroxylation sites is 1. The van der Waals surface area contributed by atoms with Gasteiger partial charge in [0, 0.05) is 48.7 Å². The molecule has 6 amide bonds. The molecule has 1 aliphatic heterocycles. The van der Waals surface area contributed by atoms with Crippen LogP contribution in [0.5, 0.6) is 0 Å². The van der Waals surface area contributed by atoms with Crippen LogP contribution in [0.1, 0.15) is 51.5 Å². The Morgan fingerprint density at radius 2 is 1.76 bits per heavy atom. The van der Waals surface area contributed by atoms with Crippen LogP contribution in [-0.4, -0.2) is 82.5 Å². The highest BCUT2D eigenvalue weighted by atomic mass is 16.2. The molecule has 11 heteroatoms. The lowest BCUT2D eigenvalue weighted by molar-refractivity contribution is -0.131. The Morgan fingerprint density at radius 1 is 1.03 bits per heavy atom. The van der Waals surface area contributed by atoms with Crippen molar-refractivity contribution in [2.75, 3.05) is 19.6 Å². The van der Waals surface area contributed by atoms with Crippen LogP contribution in [0, 0.1) is 0 Å². The summed E-state index contributed by atoms with van der Waals surface area (Å²) in [6, 6.07) is 5.11. The van der Waals surface area contributed by atoms with Crippen molar-refractivity contribution in [1.29, 1.82) is 0 Å². The Kier molecular flexibility index (Phi) is 8.75. The molecule has 2 fully saturated rings. The average molecular weight is 526 g/mol. The van der Waals surface area contributed by atoms with E-state index in [4.69, 9.17) is 5.73 Å². The first-order chi connectivity index (χ1) is 18.2. The summed E-state index contributed by atoms with van der Waals surface area (Å²) >= 11 is 0. The topological polar surface area (TPSA) is 153 Å². The molecule has 1 aromatic carbocycles. The van der Waals surface area contributed by atoms with E-state index in [1.54, 1.807) is 6.20 Å². The van der Waals surface area contributed by atoms with Crippen LogP contribution in [0.25, 0.3) is 10.9 Å². The van der Waals surface area contributed by atoms with Crippen molar-refractivity contribution in [3.05, 3.63) is 36.0 Å². The number of aromatic amines is 1. The molecule has 0 radical (unpaired) electrons. The quantitative estimate of drug-likeness (QED) is 0.374. The van der Waals surface area contributed by atoms with Crippen LogP contribution in [0.2, 0.25) is 0 Å². The van der Waals surface area contributed by atoms with Gasteiger partial charge in [0.05, 0.1) is 6.54 Å². The molecule has 1 saturated carbocycles. The van der Waals surface area contributed by atoms with Crippen molar-refractivity contribution >= 4 is 34.8 Å². The number of carbonyl (C=O) groups excluding carboxylic acids is 4. The summed E-state index contributed by atoms with van der Waals surface area (Å²) in [4.78, 5) is 58.2. The number of piperazine rings is 1. The fourth-order valence-corrected chi connectivity index (χ4v) is 5.29. The number of rotatable bonds is 7. The van der Waals surface area contributed by atoms with Gasteiger partial charge in [0.25, 0.3) is 0 Å². The highest BCUT2D eigenvalue weighted by molar-refractivity contribution is 5.93. The molecule has 11 nitrogen and oxygen atoms in total. The molecule has 1 saturated heterocycles. The number of benzene rings is 1. The highest BCUT2D eigenvalue weighted by Gasteiger charge is 2.39. The average Bonchev–Trinajstić information content (AvgIpc) is 3.30. The Labute approximate surface area is 222 Å². The molecule has 0 spiro atoms. The molecule has 6 N–H and O–H groups in total. The van der Waals surface area contributed by atoms with E-state index >= 15 is 0 Å². The number of carbonyl (C=O) groups is 4. The number of primary amides is 1. The van der Waals surface area contributed by atoms with Crippen molar-refractivity contribution in [3.63, 3.8) is 0 Å². The SMILES string of the molecule is CC(C)NC(=O)N1CCN(C(=O)NC2CCCCC2)[C@@H](C(=O)N[C@H](Cc2c[nH]c3ccccc23)C(N)=O)C1. The van der Waals surface area contributed by atoms with E-state index in [0.29, 0.717) is 6.54 Å². The van der Waals surface area contributed by atoms with Gasteiger partial charge in [0.15, 0.2) is 0 Å². The molecule has 2 aliphatic rings. The summed E-state index contributed by atoms with van der Waals surface area (Å²) in [6.45, 7) is 4.23. The van der Waals surface area contributed by atoms with Crippen molar-refractivity contribution in [2.24, 2.45) is 5.73 Å². The second-order valence-corrected chi connectivity index (χ2v) is 10.6. The first-order valence-electron chi connectivity index (χ1n) is 13.5. The summed E-state index contributed by atoms with van der Waals surface area (Å²) in [5.41, 5.74) is 7.46. The molecule has 2 heterocycles. The molecule has 0 unspecified atom stereocenters. The Hall–Kier alpha value is -3.76. The molecule has 1 aromatic heterocycles. The number of nitrogens with zero attached hydrogens (tertiary/aromatic N) is 2. The smallest absolute Gasteiger partial charge is 0.318 e. The minimum absolute atomic E-state index is 0.0149. The number of amides is 6. The maximum absolute atomic E-state index is 13.6. The lowest BCUT2D eigenvalue weighted by Gasteiger charge is -2.41. The second-order valence-electron chi connectivity index (χ2n) is 10.6. The van der Waals surface area contributed by atoms with Crippen LogP contribution in [0.15, 0.2) is 30.5 Å². The van der Waals surface area contributed by atoms with Crippen LogP contribution in [0.4, 0.5) is 9.59 Å². The van der Waals surface area contributed by atoms with E-state index in [2.05, 4.69) is 20.9 Å². The summed E-state index contributed by atoms with van der Waals surface area (Å²) in [5, 5.41) is 9.63. The largest absolute Gasteiger partial charge is 0.368 e. The zero-order valence-corrected chi connectivity index (χ0v) is 22.2. The third-order valence-electron chi connectivity index (χ3n) is 7.33. The van der Waals surface area contributed by atoms with Gasteiger partial charge in [-0.3, -0.25) is 9.59 Å². The van der Waals surface area contributed by atoms with E-state index in [1.807, 2.05) is 38.1 Å². The normalized spacial score (nSPS) is 19.3. The number of nitrogens with two attached hydrogens (primary N) is 1. The van der Waals surface area contributed by atoms with Gasteiger partial charge in [-0.25, -0.2) is 9.59 Å². The summed E-state index contributed by atoms with van der Waals surface area (Å²) in [6.07, 6.45) is 7.10. The molecular formula is C27H39N7O4. The zero-order chi connectivity index (χ0) is 27.2. The first kappa shape index (κ1) is 27.3. The summed E-state index contributed by atoms with van der Waals surface area (Å²) in [7, 11) is 0. The molecule has 2 aromatic rings. The molecule has 0 bridgehead atoms. The maximum Gasteiger partial charge on any atom is 0.318 e. The second kappa shape index (κ2) is 12.2.